The predicted octanol–water partition coefficient (Wildman–Crippen LogP) is 3.50. The molecule has 1 saturated heterocycles. The van der Waals surface area contributed by atoms with Crippen molar-refractivity contribution in [3.8, 4) is 0 Å². The van der Waals surface area contributed by atoms with Crippen LogP contribution in [-0.2, 0) is 4.74 Å². The zero-order chi connectivity index (χ0) is 15.9. The summed E-state index contributed by atoms with van der Waals surface area (Å²) in [5.41, 5.74) is 1.45. The number of rotatable bonds is 5. The molecule has 5 heteroatoms. The second kappa shape index (κ2) is 7.82. The molecule has 0 bridgehead atoms. The Morgan fingerprint density at radius 3 is 2.41 bits per heavy atom. The molecule has 0 saturated carbocycles. The Morgan fingerprint density at radius 1 is 1.23 bits per heavy atom. The molecule has 0 aliphatic carbocycles. The first kappa shape index (κ1) is 16.3. The lowest BCUT2D eigenvalue weighted by Crippen LogP contribution is -2.38. The SMILES string of the molecule is CCCCOC(=O)N1CCC(c2ccc(C(=O)O)cc2)CC1. The summed E-state index contributed by atoms with van der Waals surface area (Å²) in [4.78, 5) is 24.5. The Morgan fingerprint density at radius 2 is 1.86 bits per heavy atom. The molecule has 1 heterocycles. The number of nitrogens with zero attached hydrogens (tertiary/aromatic N) is 1. The highest BCUT2D eigenvalue weighted by molar-refractivity contribution is 5.87. The molecule has 1 N–H and O–H groups in total. The lowest BCUT2D eigenvalue weighted by atomic mass is 9.89. The second-order valence-corrected chi connectivity index (χ2v) is 5.66. The van der Waals surface area contributed by atoms with Crippen molar-refractivity contribution < 1.29 is 19.4 Å². The highest BCUT2D eigenvalue weighted by Gasteiger charge is 2.24. The minimum absolute atomic E-state index is 0.215. The summed E-state index contributed by atoms with van der Waals surface area (Å²) in [6.07, 6.45) is 3.47. The Kier molecular flexibility index (Phi) is 5.81. The van der Waals surface area contributed by atoms with Gasteiger partial charge < -0.3 is 14.7 Å². The lowest BCUT2D eigenvalue weighted by Gasteiger charge is -2.31. The minimum Gasteiger partial charge on any atom is -0.478 e. The molecule has 120 valence electrons. The van der Waals surface area contributed by atoms with Gasteiger partial charge in [-0.25, -0.2) is 9.59 Å². The third-order valence-electron chi connectivity index (χ3n) is 4.11. The van der Waals surface area contributed by atoms with E-state index in [0.29, 0.717) is 31.2 Å². The first-order valence-corrected chi connectivity index (χ1v) is 7.86. The Balaban J connectivity index is 1.83. The van der Waals surface area contributed by atoms with Gasteiger partial charge in [0, 0.05) is 13.1 Å². The quantitative estimate of drug-likeness (QED) is 0.845. The fourth-order valence-electron chi connectivity index (χ4n) is 2.69. The molecule has 0 spiro atoms. The van der Waals surface area contributed by atoms with Crippen molar-refractivity contribution in [2.24, 2.45) is 0 Å². The second-order valence-electron chi connectivity index (χ2n) is 5.66. The largest absolute Gasteiger partial charge is 0.478 e. The highest BCUT2D eigenvalue weighted by atomic mass is 16.6. The molecule has 1 aromatic rings. The van der Waals surface area contributed by atoms with Crippen molar-refractivity contribution in [1.82, 2.24) is 4.90 Å². The van der Waals surface area contributed by atoms with Crippen LogP contribution in [0.2, 0.25) is 0 Å². The summed E-state index contributed by atoms with van der Waals surface area (Å²) >= 11 is 0. The van der Waals surface area contributed by atoms with Crippen molar-refractivity contribution in [2.75, 3.05) is 19.7 Å². The summed E-state index contributed by atoms with van der Waals surface area (Å²) in [7, 11) is 0. The maximum Gasteiger partial charge on any atom is 0.409 e. The number of likely N-dealkylation sites (tertiary alicyclic amines) is 1. The number of carboxylic acids is 1. The van der Waals surface area contributed by atoms with Crippen molar-refractivity contribution in [2.45, 2.75) is 38.5 Å². The van der Waals surface area contributed by atoms with Crippen molar-refractivity contribution in [3.63, 3.8) is 0 Å². The van der Waals surface area contributed by atoms with Crippen LogP contribution in [0.4, 0.5) is 4.79 Å². The van der Waals surface area contributed by atoms with E-state index in [1.54, 1.807) is 17.0 Å². The van der Waals surface area contributed by atoms with Gasteiger partial charge in [-0.1, -0.05) is 25.5 Å². The van der Waals surface area contributed by atoms with Gasteiger partial charge in [0.2, 0.25) is 0 Å². The summed E-state index contributed by atoms with van der Waals surface area (Å²) in [5, 5.41) is 8.91. The van der Waals surface area contributed by atoms with Gasteiger partial charge in [0.1, 0.15) is 0 Å². The molecule has 1 fully saturated rings. The molecule has 1 aliphatic rings. The maximum atomic E-state index is 11.9. The molecule has 22 heavy (non-hydrogen) atoms. The number of carbonyl (C=O) groups excluding carboxylic acids is 1. The maximum absolute atomic E-state index is 11.9. The van der Waals surface area contributed by atoms with E-state index in [2.05, 4.69) is 6.92 Å². The topological polar surface area (TPSA) is 66.8 Å². The van der Waals surface area contributed by atoms with Gasteiger partial charge in [-0.3, -0.25) is 0 Å². The molecule has 0 radical (unpaired) electrons. The molecule has 0 atom stereocenters. The molecule has 1 amide bonds. The molecular formula is C17H23NO4. The predicted molar refractivity (Wildman–Crippen MR) is 83.2 cm³/mol. The number of carboxylic acid groups (broad SMARTS) is 1. The number of benzene rings is 1. The number of ether oxygens (including phenoxy) is 1. The summed E-state index contributed by atoms with van der Waals surface area (Å²) in [5.74, 6) is -0.529. The first-order valence-electron chi connectivity index (χ1n) is 7.86. The fraction of sp³-hybridized carbons (Fsp3) is 0.529. The van der Waals surface area contributed by atoms with Crippen LogP contribution < -0.4 is 0 Å². The van der Waals surface area contributed by atoms with Crippen molar-refractivity contribution >= 4 is 12.1 Å². The minimum atomic E-state index is -0.906. The molecule has 1 aromatic carbocycles. The van der Waals surface area contributed by atoms with E-state index in [4.69, 9.17) is 9.84 Å². The van der Waals surface area contributed by atoms with Gasteiger partial charge in [-0.15, -0.1) is 0 Å². The van der Waals surface area contributed by atoms with Crippen LogP contribution in [0.5, 0.6) is 0 Å². The molecular weight excluding hydrogens is 282 g/mol. The molecule has 1 aliphatic heterocycles. The number of amides is 1. The molecule has 2 rings (SSSR count). The lowest BCUT2D eigenvalue weighted by molar-refractivity contribution is 0.0696. The summed E-state index contributed by atoms with van der Waals surface area (Å²) in [6.45, 7) is 3.94. The average Bonchev–Trinajstić information content (AvgIpc) is 2.55. The van der Waals surface area contributed by atoms with E-state index in [1.165, 1.54) is 0 Å². The zero-order valence-corrected chi connectivity index (χ0v) is 13.0. The third-order valence-corrected chi connectivity index (χ3v) is 4.11. The van der Waals surface area contributed by atoms with Gasteiger partial charge in [0.25, 0.3) is 0 Å². The van der Waals surface area contributed by atoms with E-state index in [0.717, 1.165) is 31.2 Å². The van der Waals surface area contributed by atoms with E-state index in [1.807, 2.05) is 12.1 Å². The van der Waals surface area contributed by atoms with Gasteiger partial charge in [0.05, 0.1) is 12.2 Å². The number of piperidine rings is 1. The Hall–Kier alpha value is -2.04. The van der Waals surface area contributed by atoms with Crippen LogP contribution in [0.3, 0.4) is 0 Å². The Bertz CT molecular complexity index is 504. The van der Waals surface area contributed by atoms with Gasteiger partial charge >= 0.3 is 12.1 Å². The number of carbonyl (C=O) groups is 2. The number of aromatic carboxylic acids is 1. The van der Waals surface area contributed by atoms with E-state index < -0.39 is 5.97 Å². The van der Waals surface area contributed by atoms with Crippen LogP contribution in [0, 0.1) is 0 Å². The van der Waals surface area contributed by atoms with Gasteiger partial charge in [-0.05, 0) is 42.9 Å². The Labute approximate surface area is 130 Å². The van der Waals surface area contributed by atoms with Crippen LogP contribution in [0.15, 0.2) is 24.3 Å². The molecule has 5 nitrogen and oxygen atoms in total. The standard InChI is InChI=1S/C17H23NO4/c1-2-3-12-22-17(21)18-10-8-14(9-11-18)13-4-6-15(7-5-13)16(19)20/h4-7,14H,2-3,8-12H2,1H3,(H,19,20). The van der Waals surface area contributed by atoms with Crippen LogP contribution >= 0.6 is 0 Å². The number of hydrogen-bond donors (Lipinski definition) is 1. The summed E-state index contributed by atoms with van der Waals surface area (Å²) < 4.78 is 5.23. The van der Waals surface area contributed by atoms with Crippen LogP contribution in [-0.4, -0.2) is 41.8 Å². The van der Waals surface area contributed by atoms with Crippen molar-refractivity contribution in [3.05, 3.63) is 35.4 Å². The smallest absolute Gasteiger partial charge is 0.409 e. The number of unbranched alkanes of at least 4 members (excludes halogenated alkanes) is 1. The fourth-order valence-corrected chi connectivity index (χ4v) is 2.69. The average molecular weight is 305 g/mol. The van der Waals surface area contributed by atoms with E-state index >= 15 is 0 Å². The first-order chi connectivity index (χ1) is 10.6. The van der Waals surface area contributed by atoms with Crippen molar-refractivity contribution in [1.29, 1.82) is 0 Å². The molecule has 0 aromatic heterocycles. The van der Waals surface area contributed by atoms with Crippen LogP contribution in [0.25, 0.3) is 0 Å². The van der Waals surface area contributed by atoms with Gasteiger partial charge in [-0.2, -0.15) is 0 Å². The van der Waals surface area contributed by atoms with E-state index in [-0.39, 0.29) is 6.09 Å². The monoisotopic (exact) mass is 305 g/mol. The third kappa shape index (κ3) is 4.23. The highest BCUT2D eigenvalue weighted by Crippen LogP contribution is 2.28. The number of hydrogen-bond acceptors (Lipinski definition) is 3. The molecule has 0 unspecified atom stereocenters. The van der Waals surface area contributed by atoms with Crippen LogP contribution in [0.1, 0.15) is 54.4 Å². The summed E-state index contributed by atoms with van der Waals surface area (Å²) in [6, 6.07) is 7.04. The van der Waals surface area contributed by atoms with E-state index in [9.17, 15) is 9.59 Å². The zero-order valence-electron chi connectivity index (χ0n) is 13.0. The van der Waals surface area contributed by atoms with Gasteiger partial charge in [0.15, 0.2) is 0 Å². The normalized spacial score (nSPS) is 15.6.